The molecule has 0 aromatic rings. The van der Waals surface area contributed by atoms with E-state index in [9.17, 15) is 13.2 Å². The van der Waals surface area contributed by atoms with Gasteiger partial charge in [0.1, 0.15) is 0 Å². The molecule has 0 unspecified atom stereocenters. The molecule has 1 aliphatic carbocycles. The molecule has 2 aliphatic heterocycles. The minimum atomic E-state index is -5.08. The first kappa shape index (κ1) is 15.5. The van der Waals surface area contributed by atoms with Gasteiger partial charge in [0.2, 0.25) is 0 Å². The second-order valence-corrected chi connectivity index (χ2v) is 5.53. The van der Waals surface area contributed by atoms with Crippen molar-refractivity contribution in [2.24, 2.45) is 0 Å². The fraction of sp³-hybridized carbons (Fsp3) is 0.917. The fourth-order valence-corrected chi connectivity index (χ4v) is 2.67. The van der Waals surface area contributed by atoms with Gasteiger partial charge in [-0.2, -0.15) is 13.2 Å². The smallest absolute Gasteiger partial charge is 0.475 e. The van der Waals surface area contributed by atoms with Crippen LogP contribution in [0.2, 0.25) is 0 Å². The topological polar surface area (TPSA) is 61.8 Å². The molecule has 20 heavy (non-hydrogen) atoms. The highest BCUT2D eigenvalue weighted by atomic mass is 19.4. The monoisotopic (exact) mass is 296 g/mol. The van der Waals surface area contributed by atoms with Crippen molar-refractivity contribution in [3.05, 3.63) is 0 Å². The molecule has 0 aromatic heterocycles. The predicted molar refractivity (Wildman–Crippen MR) is 64.5 cm³/mol. The van der Waals surface area contributed by atoms with E-state index >= 15 is 0 Å². The zero-order valence-corrected chi connectivity index (χ0v) is 11.1. The predicted octanol–water partition coefficient (Wildman–Crippen LogP) is 0.846. The minimum absolute atomic E-state index is 0.508. The number of carboxylic acids is 1. The lowest BCUT2D eigenvalue weighted by Gasteiger charge is -2.52. The van der Waals surface area contributed by atoms with Crippen LogP contribution in [0.3, 0.4) is 0 Å². The van der Waals surface area contributed by atoms with Gasteiger partial charge >= 0.3 is 12.1 Å². The lowest BCUT2D eigenvalue weighted by atomic mass is 9.75. The number of carboxylic acid groups (broad SMARTS) is 1. The summed E-state index contributed by atoms with van der Waals surface area (Å²) in [6.07, 6.45) is -0.893. The number of nitrogens with one attached hydrogen (secondary N) is 1. The van der Waals surface area contributed by atoms with Gasteiger partial charge in [0.25, 0.3) is 0 Å². The summed E-state index contributed by atoms with van der Waals surface area (Å²) in [6.45, 7) is 5.60. The van der Waals surface area contributed by atoms with Crippen molar-refractivity contribution < 1.29 is 27.8 Å². The van der Waals surface area contributed by atoms with Gasteiger partial charge in [0.05, 0.1) is 19.3 Å². The van der Waals surface area contributed by atoms with Crippen molar-refractivity contribution in [3.63, 3.8) is 0 Å². The molecule has 0 radical (unpaired) electrons. The second-order valence-electron chi connectivity index (χ2n) is 5.53. The molecule has 2 heterocycles. The molecule has 5 nitrogen and oxygen atoms in total. The number of alkyl halides is 3. The normalized spacial score (nSPS) is 26.1. The molecule has 8 heteroatoms. The number of rotatable bonds is 1. The van der Waals surface area contributed by atoms with Crippen molar-refractivity contribution >= 4 is 5.97 Å². The summed E-state index contributed by atoms with van der Waals surface area (Å²) in [5.41, 5.74) is 0.508. The second kappa shape index (κ2) is 5.87. The average molecular weight is 296 g/mol. The summed E-state index contributed by atoms with van der Waals surface area (Å²) in [5, 5.41) is 10.8. The number of hydrogen-bond acceptors (Lipinski definition) is 4. The van der Waals surface area contributed by atoms with Gasteiger partial charge in [-0.25, -0.2) is 4.79 Å². The number of piperazine rings is 1. The summed E-state index contributed by atoms with van der Waals surface area (Å²) < 4.78 is 37.0. The summed E-state index contributed by atoms with van der Waals surface area (Å²) in [4.78, 5) is 11.5. The number of nitrogens with zero attached hydrogens (tertiary/aromatic N) is 1. The molecule has 3 fully saturated rings. The van der Waals surface area contributed by atoms with Crippen LogP contribution < -0.4 is 5.32 Å². The molecule has 3 rings (SSSR count). The van der Waals surface area contributed by atoms with E-state index in [2.05, 4.69) is 10.2 Å². The van der Waals surface area contributed by atoms with Crippen LogP contribution in [-0.2, 0) is 9.53 Å². The van der Waals surface area contributed by atoms with Crippen LogP contribution in [0.25, 0.3) is 0 Å². The van der Waals surface area contributed by atoms with Crippen molar-refractivity contribution in [3.8, 4) is 0 Å². The first-order chi connectivity index (χ1) is 9.32. The molecule has 0 atom stereocenters. The van der Waals surface area contributed by atoms with Crippen molar-refractivity contribution in [1.82, 2.24) is 10.2 Å². The first-order valence-electron chi connectivity index (χ1n) is 6.69. The van der Waals surface area contributed by atoms with Crippen LogP contribution in [0.5, 0.6) is 0 Å². The molecular weight excluding hydrogens is 277 g/mol. The largest absolute Gasteiger partial charge is 0.490 e. The molecule has 116 valence electrons. The molecule has 3 aliphatic rings. The zero-order valence-electron chi connectivity index (χ0n) is 11.1. The molecule has 0 aromatic carbocycles. The molecule has 1 spiro atoms. The minimum Gasteiger partial charge on any atom is -0.475 e. The highest BCUT2D eigenvalue weighted by Crippen LogP contribution is 2.35. The Morgan fingerprint density at radius 1 is 1.35 bits per heavy atom. The van der Waals surface area contributed by atoms with Crippen LogP contribution in [0.1, 0.15) is 19.3 Å². The molecular formula is C12H19F3N2O3. The van der Waals surface area contributed by atoms with Crippen LogP contribution in [-0.4, -0.2) is 66.6 Å². The van der Waals surface area contributed by atoms with Gasteiger partial charge in [0.15, 0.2) is 0 Å². The molecule has 1 saturated carbocycles. The lowest BCUT2D eigenvalue weighted by molar-refractivity contribution is -0.192. The Morgan fingerprint density at radius 3 is 2.30 bits per heavy atom. The Balaban J connectivity index is 0.000000182. The lowest BCUT2D eigenvalue weighted by Crippen LogP contribution is -2.67. The Hall–Kier alpha value is -0.860. The molecule has 2 N–H and O–H groups in total. The Morgan fingerprint density at radius 2 is 1.95 bits per heavy atom. The first-order valence-corrected chi connectivity index (χ1v) is 6.69. The van der Waals surface area contributed by atoms with Crippen molar-refractivity contribution in [1.29, 1.82) is 0 Å². The fourth-order valence-electron chi connectivity index (χ4n) is 2.67. The van der Waals surface area contributed by atoms with E-state index in [0.29, 0.717) is 5.54 Å². The quantitative estimate of drug-likeness (QED) is 0.751. The van der Waals surface area contributed by atoms with Crippen LogP contribution in [0, 0.1) is 0 Å². The maximum absolute atomic E-state index is 10.6. The van der Waals surface area contributed by atoms with Gasteiger partial charge in [-0.1, -0.05) is 0 Å². The van der Waals surface area contributed by atoms with Gasteiger partial charge in [-0.3, -0.25) is 4.90 Å². The number of carbonyl (C=O) groups is 1. The molecule has 2 saturated heterocycles. The number of ether oxygens (including phenoxy) is 1. The van der Waals surface area contributed by atoms with E-state index in [4.69, 9.17) is 14.6 Å². The number of aliphatic carboxylic acids is 1. The Bertz CT molecular complexity index is 354. The van der Waals surface area contributed by atoms with E-state index in [1.54, 1.807) is 0 Å². The van der Waals surface area contributed by atoms with Crippen LogP contribution in [0.15, 0.2) is 0 Å². The Labute approximate surface area is 115 Å². The maximum Gasteiger partial charge on any atom is 0.490 e. The standard InChI is InChI=1S/C10H18N2O.C2HF3O2/c1-2-10(3-1)8-12(5-4-11-10)9-6-13-7-9;3-2(4,5)1(6)7/h9,11H,1-8H2;(H,6,7). The number of halogens is 3. The molecule has 0 bridgehead atoms. The van der Waals surface area contributed by atoms with E-state index in [0.717, 1.165) is 19.3 Å². The summed E-state index contributed by atoms with van der Waals surface area (Å²) in [7, 11) is 0. The van der Waals surface area contributed by atoms with E-state index < -0.39 is 12.1 Å². The molecule has 0 amide bonds. The highest BCUT2D eigenvalue weighted by molar-refractivity contribution is 5.73. The third-order valence-electron chi connectivity index (χ3n) is 4.09. The van der Waals surface area contributed by atoms with Gasteiger partial charge in [-0.05, 0) is 19.3 Å². The van der Waals surface area contributed by atoms with E-state index in [-0.39, 0.29) is 0 Å². The third kappa shape index (κ3) is 3.62. The van der Waals surface area contributed by atoms with E-state index in [1.165, 1.54) is 38.9 Å². The van der Waals surface area contributed by atoms with Crippen LogP contribution >= 0.6 is 0 Å². The van der Waals surface area contributed by atoms with Gasteiger partial charge < -0.3 is 15.2 Å². The SMILES string of the molecule is C1CC2(C1)CN(C1COC1)CCN2.O=C(O)C(F)(F)F. The average Bonchev–Trinajstić information content (AvgIpc) is 2.24. The van der Waals surface area contributed by atoms with Crippen LogP contribution in [0.4, 0.5) is 13.2 Å². The zero-order chi connectivity index (χ0) is 14.8. The third-order valence-corrected chi connectivity index (χ3v) is 4.09. The van der Waals surface area contributed by atoms with Crippen molar-refractivity contribution in [2.75, 3.05) is 32.8 Å². The van der Waals surface area contributed by atoms with Crippen molar-refractivity contribution in [2.45, 2.75) is 37.0 Å². The highest BCUT2D eigenvalue weighted by Gasteiger charge is 2.42. The maximum atomic E-state index is 10.6. The Kier molecular flexibility index (Phi) is 4.55. The van der Waals surface area contributed by atoms with Gasteiger partial charge in [0, 0.05) is 25.2 Å². The summed E-state index contributed by atoms with van der Waals surface area (Å²) in [5.74, 6) is -2.76. The number of hydrogen-bond donors (Lipinski definition) is 2. The summed E-state index contributed by atoms with van der Waals surface area (Å²) >= 11 is 0. The van der Waals surface area contributed by atoms with E-state index in [1.807, 2.05) is 0 Å². The summed E-state index contributed by atoms with van der Waals surface area (Å²) in [6, 6.07) is 0.736. The van der Waals surface area contributed by atoms with Gasteiger partial charge in [-0.15, -0.1) is 0 Å².